The molecule has 0 saturated carbocycles. The van der Waals surface area contributed by atoms with E-state index in [0.29, 0.717) is 13.0 Å². The summed E-state index contributed by atoms with van der Waals surface area (Å²) in [6, 6.07) is 1.73. The normalized spacial score (nSPS) is 18.8. The van der Waals surface area contributed by atoms with Gasteiger partial charge < -0.3 is 15.2 Å². The van der Waals surface area contributed by atoms with Gasteiger partial charge in [0, 0.05) is 13.2 Å². The van der Waals surface area contributed by atoms with Gasteiger partial charge in [0.05, 0.1) is 6.10 Å². The third-order valence-electron chi connectivity index (χ3n) is 3.32. The highest BCUT2D eigenvalue weighted by molar-refractivity contribution is 5.95. The van der Waals surface area contributed by atoms with Gasteiger partial charge in [-0.3, -0.25) is 4.79 Å². The van der Waals surface area contributed by atoms with Gasteiger partial charge in [0.2, 0.25) is 0 Å². The van der Waals surface area contributed by atoms with E-state index in [1.807, 2.05) is 0 Å². The largest absolute Gasteiger partial charge is 0.505 e. The fourth-order valence-electron chi connectivity index (χ4n) is 2.22. The minimum Gasteiger partial charge on any atom is -0.505 e. The summed E-state index contributed by atoms with van der Waals surface area (Å²) < 4.78 is 32.4. The molecular formula is C14H17F2NO3. The molecule has 1 aromatic rings. The van der Waals surface area contributed by atoms with Crippen LogP contribution in [0.5, 0.6) is 5.75 Å². The number of phenols is 1. The Bertz CT molecular complexity index is 488. The van der Waals surface area contributed by atoms with Gasteiger partial charge in [-0.25, -0.2) is 8.78 Å². The van der Waals surface area contributed by atoms with Crippen molar-refractivity contribution in [2.75, 3.05) is 13.2 Å². The third kappa shape index (κ3) is 3.45. The molecule has 1 atom stereocenters. The van der Waals surface area contributed by atoms with Crippen LogP contribution in [0, 0.1) is 11.6 Å². The van der Waals surface area contributed by atoms with E-state index in [9.17, 15) is 13.6 Å². The van der Waals surface area contributed by atoms with E-state index in [4.69, 9.17) is 9.84 Å². The third-order valence-corrected chi connectivity index (χ3v) is 3.32. The standard InChI is InChI=1S/C14H17F2NO3/c15-10-4-5-11(18)13(16)12(10)14(19)17-7-6-9-3-1-2-8-20-9/h4-5,9,18H,1-3,6-8H2,(H,17,19). The van der Waals surface area contributed by atoms with Gasteiger partial charge >= 0.3 is 0 Å². The molecule has 20 heavy (non-hydrogen) atoms. The first-order valence-electron chi connectivity index (χ1n) is 6.66. The molecule has 0 spiro atoms. The lowest BCUT2D eigenvalue weighted by Crippen LogP contribution is -2.30. The quantitative estimate of drug-likeness (QED) is 0.893. The lowest BCUT2D eigenvalue weighted by Gasteiger charge is -2.22. The molecule has 0 aliphatic carbocycles. The number of carbonyl (C=O) groups is 1. The highest BCUT2D eigenvalue weighted by Gasteiger charge is 2.21. The van der Waals surface area contributed by atoms with Crippen molar-refractivity contribution in [1.82, 2.24) is 5.32 Å². The first-order chi connectivity index (χ1) is 9.59. The van der Waals surface area contributed by atoms with E-state index in [-0.39, 0.29) is 12.6 Å². The number of halogens is 2. The van der Waals surface area contributed by atoms with E-state index < -0.39 is 28.9 Å². The Morgan fingerprint density at radius 1 is 1.40 bits per heavy atom. The summed E-state index contributed by atoms with van der Waals surface area (Å²) in [6.45, 7) is 0.993. The molecule has 0 aromatic heterocycles. The second kappa shape index (κ2) is 6.65. The summed E-state index contributed by atoms with van der Waals surface area (Å²) in [5.41, 5.74) is -0.755. The van der Waals surface area contributed by atoms with Crippen molar-refractivity contribution in [2.24, 2.45) is 0 Å². The molecule has 1 saturated heterocycles. The topological polar surface area (TPSA) is 58.6 Å². The molecule has 4 nitrogen and oxygen atoms in total. The van der Waals surface area contributed by atoms with Crippen LogP contribution in [-0.4, -0.2) is 30.3 Å². The summed E-state index contributed by atoms with van der Waals surface area (Å²) in [6.07, 6.45) is 3.76. The first kappa shape index (κ1) is 14.7. The molecule has 1 unspecified atom stereocenters. The summed E-state index contributed by atoms with van der Waals surface area (Å²) in [5, 5.41) is 11.6. The van der Waals surface area contributed by atoms with Crippen LogP contribution in [0.4, 0.5) is 8.78 Å². The van der Waals surface area contributed by atoms with E-state index in [1.54, 1.807) is 0 Å². The lowest BCUT2D eigenvalue weighted by molar-refractivity contribution is 0.0117. The van der Waals surface area contributed by atoms with Crippen LogP contribution in [0.25, 0.3) is 0 Å². The predicted octanol–water partition coefficient (Wildman–Crippen LogP) is 2.36. The molecule has 1 fully saturated rings. The summed E-state index contributed by atoms with van der Waals surface area (Å²) in [4.78, 5) is 11.7. The molecule has 2 rings (SSSR count). The van der Waals surface area contributed by atoms with Crippen molar-refractivity contribution < 1.29 is 23.4 Å². The average Bonchev–Trinajstić information content (AvgIpc) is 2.44. The van der Waals surface area contributed by atoms with Crippen molar-refractivity contribution in [1.29, 1.82) is 0 Å². The molecule has 1 aliphatic rings. The van der Waals surface area contributed by atoms with Crippen LogP contribution in [-0.2, 0) is 4.74 Å². The van der Waals surface area contributed by atoms with E-state index in [0.717, 1.165) is 31.4 Å². The number of aromatic hydroxyl groups is 1. The monoisotopic (exact) mass is 285 g/mol. The molecule has 0 radical (unpaired) electrons. The van der Waals surface area contributed by atoms with Crippen molar-refractivity contribution >= 4 is 5.91 Å². The van der Waals surface area contributed by atoms with Crippen LogP contribution >= 0.6 is 0 Å². The number of phenolic OH excluding ortho intramolecular Hbond substituents is 1. The van der Waals surface area contributed by atoms with Gasteiger partial charge in [-0.2, -0.15) is 0 Å². The smallest absolute Gasteiger partial charge is 0.257 e. The fourth-order valence-corrected chi connectivity index (χ4v) is 2.22. The van der Waals surface area contributed by atoms with Crippen LogP contribution in [0.15, 0.2) is 12.1 Å². The highest BCUT2D eigenvalue weighted by atomic mass is 19.1. The van der Waals surface area contributed by atoms with Gasteiger partial charge in [0.1, 0.15) is 11.4 Å². The zero-order chi connectivity index (χ0) is 14.5. The van der Waals surface area contributed by atoms with Gasteiger partial charge in [-0.05, 0) is 37.8 Å². The number of hydrogen-bond donors (Lipinski definition) is 2. The summed E-state index contributed by atoms with van der Waals surface area (Å²) in [7, 11) is 0. The second-order valence-corrected chi connectivity index (χ2v) is 4.79. The fraction of sp³-hybridized carbons (Fsp3) is 0.500. The maximum absolute atomic E-state index is 13.5. The molecular weight excluding hydrogens is 268 g/mol. The molecule has 1 heterocycles. The van der Waals surface area contributed by atoms with E-state index in [1.165, 1.54) is 0 Å². The number of carbonyl (C=O) groups excluding carboxylic acids is 1. The van der Waals surface area contributed by atoms with Crippen molar-refractivity contribution in [3.63, 3.8) is 0 Å². The Morgan fingerprint density at radius 3 is 2.90 bits per heavy atom. The van der Waals surface area contributed by atoms with Gasteiger partial charge in [-0.15, -0.1) is 0 Å². The van der Waals surface area contributed by atoms with Crippen molar-refractivity contribution in [3.8, 4) is 5.75 Å². The lowest BCUT2D eigenvalue weighted by atomic mass is 10.1. The Hall–Kier alpha value is -1.69. The summed E-state index contributed by atoms with van der Waals surface area (Å²) in [5.74, 6) is -3.85. The predicted molar refractivity (Wildman–Crippen MR) is 68.6 cm³/mol. The molecule has 1 aliphatic heterocycles. The van der Waals surface area contributed by atoms with Gasteiger partial charge in [-0.1, -0.05) is 0 Å². The zero-order valence-corrected chi connectivity index (χ0v) is 11.0. The zero-order valence-electron chi connectivity index (χ0n) is 11.0. The summed E-state index contributed by atoms with van der Waals surface area (Å²) >= 11 is 0. The second-order valence-electron chi connectivity index (χ2n) is 4.79. The minimum atomic E-state index is -1.24. The molecule has 1 aromatic carbocycles. The van der Waals surface area contributed by atoms with Crippen LogP contribution in [0.3, 0.4) is 0 Å². The average molecular weight is 285 g/mol. The van der Waals surface area contributed by atoms with Crippen LogP contribution in [0.1, 0.15) is 36.0 Å². The minimum absolute atomic E-state index is 0.0860. The SMILES string of the molecule is O=C(NCCC1CCCCO1)c1c(F)ccc(O)c1F. The number of hydrogen-bond acceptors (Lipinski definition) is 3. The molecule has 6 heteroatoms. The van der Waals surface area contributed by atoms with Gasteiger partial charge in [0.25, 0.3) is 5.91 Å². The van der Waals surface area contributed by atoms with Gasteiger partial charge in [0.15, 0.2) is 11.6 Å². The van der Waals surface area contributed by atoms with Crippen molar-refractivity contribution in [2.45, 2.75) is 31.8 Å². The first-order valence-corrected chi connectivity index (χ1v) is 6.66. The number of rotatable bonds is 4. The molecule has 2 N–H and O–H groups in total. The van der Waals surface area contributed by atoms with E-state index in [2.05, 4.69) is 5.32 Å². The Morgan fingerprint density at radius 2 is 2.20 bits per heavy atom. The Labute approximate surface area is 115 Å². The maximum Gasteiger partial charge on any atom is 0.257 e. The van der Waals surface area contributed by atoms with E-state index >= 15 is 0 Å². The number of ether oxygens (including phenoxy) is 1. The highest BCUT2D eigenvalue weighted by Crippen LogP contribution is 2.21. The molecule has 1 amide bonds. The number of benzene rings is 1. The van der Waals surface area contributed by atoms with Crippen LogP contribution < -0.4 is 5.32 Å². The number of amides is 1. The maximum atomic E-state index is 13.5. The van der Waals surface area contributed by atoms with Crippen LogP contribution in [0.2, 0.25) is 0 Å². The molecule has 0 bridgehead atoms. The van der Waals surface area contributed by atoms with Crippen molar-refractivity contribution in [3.05, 3.63) is 29.3 Å². The molecule has 110 valence electrons. The number of nitrogens with one attached hydrogen (secondary N) is 1. The Balaban J connectivity index is 1.90. The Kier molecular flexibility index (Phi) is 4.89.